The number of thiophene rings is 1. The molecule has 0 aliphatic carbocycles. The molecule has 21 heavy (non-hydrogen) atoms. The summed E-state index contributed by atoms with van der Waals surface area (Å²) in [6.45, 7) is 1.27. The van der Waals surface area contributed by atoms with Gasteiger partial charge in [-0.1, -0.05) is 0 Å². The van der Waals surface area contributed by atoms with Crippen molar-refractivity contribution in [2.24, 2.45) is 0 Å². The predicted molar refractivity (Wildman–Crippen MR) is 78.6 cm³/mol. The molecule has 9 heteroatoms. The van der Waals surface area contributed by atoms with Gasteiger partial charge in [0.15, 0.2) is 0 Å². The first-order chi connectivity index (χ1) is 9.88. The van der Waals surface area contributed by atoms with Crippen molar-refractivity contribution >= 4 is 33.2 Å². The molecule has 1 aliphatic rings. The fourth-order valence-electron chi connectivity index (χ4n) is 2.16. The number of piperazine rings is 1. The van der Waals surface area contributed by atoms with Crippen LogP contribution in [0.4, 0.5) is 13.2 Å². The number of halogens is 4. The maximum atomic E-state index is 13.1. The number of amides is 1. The number of hydrogen-bond donors (Lipinski definition) is 2. The third-order valence-electron chi connectivity index (χ3n) is 3.22. The van der Waals surface area contributed by atoms with Gasteiger partial charge < -0.3 is 10.6 Å². The van der Waals surface area contributed by atoms with Gasteiger partial charge in [0.05, 0.1) is 8.66 Å². The average Bonchev–Trinajstić information content (AvgIpc) is 2.85. The van der Waals surface area contributed by atoms with Gasteiger partial charge in [-0.25, -0.2) is 0 Å². The first-order valence-corrected chi connectivity index (χ1v) is 8.04. The van der Waals surface area contributed by atoms with Gasteiger partial charge in [-0.05, 0) is 28.1 Å². The summed E-state index contributed by atoms with van der Waals surface area (Å²) in [7, 11) is 0. The van der Waals surface area contributed by atoms with Gasteiger partial charge in [-0.15, -0.1) is 11.3 Å². The Hall–Kier alpha value is -0.640. The van der Waals surface area contributed by atoms with Gasteiger partial charge in [0, 0.05) is 32.7 Å². The number of rotatable bonds is 4. The fourth-order valence-corrected chi connectivity index (χ4v) is 3.46. The van der Waals surface area contributed by atoms with Crippen molar-refractivity contribution in [2.75, 3.05) is 32.7 Å². The maximum Gasteiger partial charge on any atom is 0.405 e. The number of carbonyl (C=O) groups is 1. The van der Waals surface area contributed by atoms with Gasteiger partial charge in [-0.3, -0.25) is 9.69 Å². The van der Waals surface area contributed by atoms with E-state index in [2.05, 4.69) is 26.6 Å². The summed E-state index contributed by atoms with van der Waals surface area (Å²) in [6, 6.07) is 1.63. The second kappa shape index (κ2) is 7.08. The minimum atomic E-state index is -4.36. The SMILES string of the molecule is O=C(NCC(N1CCNCC1)C(F)(F)F)c1ccc(Br)s1. The van der Waals surface area contributed by atoms with Crippen molar-refractivity contribution in [1.82, 2.24) is 15.5 Å². The first-order valence-electron chi connectivity index (χ1n) is 6.43. The standard InChI is InChI=1S/C12H15BrF3N3OS/c13-10-2-1-8(21-10)11(20)18-7-9(12(14,15)16)19-5-3-17-4-6-19/h1-2,9,17H,3-7H2,(H,18,20). The van der Waals surface area contributed by atoms with Crippen molar-refractivity contribution in [3.8, 4) is 0 Å². The molecular weight excluding hydrogens is 371 g/mol. The van der Waals surface area contributed by atoms with Crippen LogP contribution < -0.4 is 10.6 Å². The molecule has 0 aromatic carbocycles. The maximum absolute atomic E-state index is 13.1. The highest BCUT2D eigenvalue weighted by atomic mass is 79.9. The largest absolute Gasteiger partial charge is 0.405 e. The smallest absolute Gasteiger partial charge is 0.349 e. The second-order valence-electron chi connectivity index (χ2n) is 4.66. The lowest BCUT2D eigenvalue weighted by atomic mass is 10.2. The van der Waals surface area contributed by atoms with Crippen molar-refractivity contribution in [3.05, 3.63) is 20.8 Å². The molecule has 1 amide bonds. The highest BCUT2D eigenvalue weighted by Crippen LogP contribution is 2.25. The minimum absolute atomic E-state index is 0.324. The van der Waals surface area contributed by atoms with Crippen LogP contribution in [0.5, 0.6) is 0 Å². The van der Waals surface area contributed by atoms with E-state index in [1.807, 2.05) is 0 Å². The van der Waals surface area contributed by atoms with E-state index in [-0.39, 0.29) is 0 Å². The Balaban J connectivity index is 1.97. The molecule has 0 saturated carbocycles. The molecule has 1 unspecified atom stereocenters. The molecule has 2 rings (SSSR count). The Morgan fingerprint density at radius 1 is 1.43 bits per heavy atom. The number of carbonyl (C=O) groups excluding carboxylic acids is 1. The topological polar surface area (TPSA) is 44.4 Å². The molecular formula is C12H15BrF3N3OS. The molecule has 0 bridgehead atoms. The zero-order valence-corrected chi connectivity index (χ0v) is 13.4. The van der Waals surface area contributed by atoms with Crippen LogP contribution in [0.1, 0.15) is 9.67 Å². The lowest BCUT2D eigenvalue weighted by Gasteiger charge is -2.35. The number of nitrogens with zero attached hydrogens (tertiary/aromatic N) is 1. The van der Waals surface area contributed by atoms with Crippen LogP contribution in [0.3, 0.4) is 0 Å². The lowest BCUT2D eigenvalue weighted by molar-refractivity contribution is -0.183. The van der Waals surface area contributed by atoms with Gasteiger partial charge >= 0.3 is 6.18 Å². The van der Waals surface area contributed by atoms with Crippen LogP contribution in [0, 0.1) is 0 Å². The molecule has 4 nitrogen and oxygen atoms in total. The van der Waals surface area contributed by atoms with Crippen LogP contribution in [0.25, 0.3) is 0 Å². The van der Waals surface area contributed by atoms with Crippen LogP contribution in [0.15, 0.2) is 15.9 Å². The fraction of sp³-hybridized carbons (Fsp3) is 0.583. The van der Waals surface area contributed by atoms with Crippen molar-refractivity contribution in [3.63, 3.8) is 0 Å². The highest BCUT2D eigenvalue weighted by molar-refractivity contribution is 9.11. The summed E-state index contributed by atoms with van der Waals surface area (Å²) in [4.78, 5) is 13.6. The number of hydrogen-bond acceptors (Lipinski definition) is 4. The Kier molecular flexibility index (Phi) is 5.64. The summed E-state index contributed by atoms with van der Waals surface area (Å²) in [6.07, 6.45) is -4.36. The zero-order chi connectivity index (χ0) is 15.5. The van der Waals surface area contributed by atoms with Gasteiger partial charge in [0.2, 0.25) is 0 Å². The average molecular weight is 386 g/mol. The van der Waals surface area contributed by atoms with E-state index in [1.54, 1.807) is 12.1 Å². The van der Waals surface area contributed by atoms with E-state index in [1.165, 1.54) is 16.2 Å². The predicted octanol–water partition coefficient (Wildman–Crippen LogP) is 2.08. The summed E-state index contributed by atoms with van der Waals surface area (Å²) < 4.78 is 40.2. The molecule has 1 fully saturated rings. The molecule has 2 heterocycles. The van der Waals surface area contributed by atoms with E-state index in [0.29, 0.717) is 31.1 Å². The normalized spacial score (nSPS) is 18.5. The monoisotopic (exact) mass is 385 g/mol. The summed E-state index contributed by atoms with van der Waals surface area (Å²) in [5.41, 5.74) is 0. The minimum Gasteiger partial charge on any atom is -0.349 e. The van der Waals surface area contributed by atoms with Gasteiger partial charge in [-0.2, -0.15) is 13.2 Å². The second-order valence-corrected chi connectivity index (χ2v) is 7.12. The lowest BCUT2D eigenvalue weighted by Crippen LogP contribution is -2.57. The van der Waals surface area contributed by atoms with Gasteiger partial charge in [0.1, 0.15) is 6.04 Å². The Morgan fingerprint density at radius 2 is 2.10 bits per heavy atom. The van der Waals surface area contributed by atoms with Crippen molar-refractivity contribution in [1.29, 1.82) is 0 Å². The van der Waals surface area contributed by atoms with Crippen LogP contribution in [-0.4, -0.2) is 55.7 Å². The third-order valence-corrected chi connectivity index (χ3v) is 4.85. The van der Waals surface area contributed by atoms with Crippen molar-refractivity contribution in [2.45, 2.75) is 12.2 Å². The van der Waals surface area contributed by atoms with Gasteiger partial charge in [0.25, 0.3) is 5.91 Å². The van der Waals surface area contributed by atoms with Crippen LogP contribution in [-0.2, 0) is 0 Å². The number of alkyl halides is 3. The van der Waals surface area contributed by atoms with E-state index in [9.17, 15) is 18.0 Å². The Labute approximate surface area is 132 Å². The van der Waals surface area contributed by atoms with E-state index in [0.717, 1.165) is 3.79 Å². The molecule has 1 aromatic heterocycles. The van der Waals surface area contributed by atoms with Crippen LogP contribution in [0.2, 0.25) is 0 Å². The van der Waals surface area contributed by atoms with Crippen LogP contribution >= 0.6 is 27.3 Å². The number of nitrogens with one attached hydrogen (secondary N) is 2. The summed E-state index contributed by atoms with van der Waals surface area (Å²) in [5, 5.41) is 5.40. The zero-order valence-electron chi connectivity index (χ0n) is 11.0. The van der Waals surface area contributed by atoms with E-state index >= 15 is 0 Å². The quantitative estimate of drug-likeness (QED) is 0.833. The molecule has 1 saturated heterocycles. The molecule has 0 radical (unpaired) electrons. The van der Waals surface area contributed by atoms with Crippen molar-refractivity contribution < 1.29 is 18.0 Å². The third kappa shape index (κ3) is 4.67. The molecule has 1 atom stereocenters. The molecule has 2 N–H and O–H groups in total. The molecule has 1 aliphatic heterocycles. The molecule has 1 aromatic rings. The van der Waals surface area contributed by atoms with E-state index in [4.69, 9.17) is 0 Å². The summed E-state index contributed by atoms with van der Waals surface area (Å²) in [5.74, 6) is -0.477. The Bertz CT molecular complexity index is 488. The molecule has 118 valence electrons. The van der Waals surface area contributed by atoms with E-state index < -0.39 is 24.7 Å². The molecule has 0 spiro atoms. The Morgan fingerprint density at radius 3 is 2.62 bits per heavy atom. The first kappa shape index (κ1) is 16.7. The summed E-state index contributed by atoms with van der Waals surface area (Å²) >= 11 is 4.41. The highest BCUT2D eigenvalue weighted by Gasteiger charge is 2.43.